The molecule has 0 heterocycles. The fraction of sp³-hybridized carbons (Fsp3) is 0.429. The third-order valence-electron chi connectivity index (χ3n) is 2.81. The van der Waals surface area contributed by atoms with Crippen molar-refractivity contribution in [1.29, 1.82) is 0 Å². The first kappa shape index (κ1) is 21.2. The van der Waals surface area contributed by atoms with Crippen LogP contribution in [0.5, 0.6) is 0 Å². The maximum Gasteiger partial charge on any atom is 0.417 e. The number of carbonyl (C=O) groups is 2. The van der Waals surface area contributed by atoms with Gasteiger partial charge in [0.15, 0.2) is 0 Å². The Morgan fingerprint density at radius 1 is 1.22 bits per heavy atom. The Morgan fingerprint density at radius 2 is 1.83 bits per heavy atom. The van der Waals surface area contributed by atoms with Crippen molar-refractivity contribution in [1.82, 2.24) is 10.6 Å². The van der Waals surface area contributed by atoms with Crippen molar-refractivity contribution < 1.29 is 22.8 Å². The van der Waals surface area contributed by atoms with E-state index in [9.17, 15) is 22.8 Å². The van der Waals surface area contributed by atoms with Gasteiger partial charge in [-0.05, 0) is 25.5 Å². The molecule has 1 rings (SSSR count). The second kappa shape index (κ2) is 9.36. The number of amides is 2. The Hall–Kier alpha value is -1.80. The summed E-state index contributed by atoms with van der Waals surface area (Å²) in [6, 6.07) is 4.32. The molecule has 1 aromatic rings. The van der Waals surface area contributed by atoms with Gasteiger partial charge in [-0.3, -0.25) is 9.59 Å². The Bertz CT molecular complexity index is 536. The lowest BCUT2D eigenvalue weighted by molar-refractivity contribution is -0.137. The van der Waals surface area contributed by atoms with Crippen molar-refractivity contribution in [3.8, 4) is 0 Å². The highest BCUT2D eigenvalue weighted by atomic mass is 35.5. The molecule has 1 atom stereocenters. The van der Waals surface area contributed by atoms with Crippen LogP contribution >= 0.6 is 12.4 Å². The number of nitrogens with two attached hydrogens (primary N) is 1. The molecule has 9 heteroatoms. The predicted molar refractivity (Wildman–Crippen MR) is 82.3 cm³/mol. The fourth-order valence-corrected chi connectivity index (χ4v) is 1.69. The second-order valence-electron chi connectivity index (χ2n) is 4.84. The van der Waals surface area contributed by atoms with Crippen LogP contribution in [0.2, 0.25) is 0 Å². The number of halogens is 4. The first-order chi connectivity index (χ1) is 10.2. The zero-order valence-electron chi connectivity index (χ0n) is 12.4. The summed E-state index contributed by atoms with van der Waals surface area (Å²) in [5, 5.41) is 4.68. The van der Waals surface area contributed by atoms with Gasteiger partial charge in [0.25, 0.3) is 5.91 Å². The zero-order valence-corrected chi connectivity index (χ0v) is 13.3. The number of hydrogen-bond donors (Lipinski definition) is 3. The van der Waals surface area contributed by atoms with Crippen LogP contribution in [-0.2, 0) is 11.0 Å². The highest BCUT2D eigenvalue weighted by molar-refractivity contribution is 5.97. The van der Waals surface area contributed by atoms with Crippen LogP contribution in [0.1, 0.15) is 29.3 Å². The number of nitrogens with one attached hydrogen (secondary N) is 2. The average molecular weight is 354 g/mol. The van der Waals surface area contributed by atoms with Gasteiger partial charge in [-0.15, -0.1) is 12.4 Å². The lowest BCUT2D eigenvalue weighted by atomic mass is 10.1. The Labute approximate surface area is 138 Å². The summed E-state index contributed by atoms with van der Waals surface area (Å²) in [6.45, 7) is 1.72. The van der Waals surface area contributed by atoms with Crippen molar-refractivity contribution in [3.63, 3.8) is 0 Å². The third kappa shape index (κ3) is 7.34. The average Bonchev–Trinajstić information content (AvgIpc) is 2.43. The second-order valence-corrected chi connectivity index (χ2v) is 4.84. The fourth-order valence-electron chi connectivity index (χ4n) is 1.69. The minimum absolute atomic E-state index is 0. The van der Waals surface area contributed by atoms with Crippen LogP contribution in [-0.4, -0.2) is 30.9 Å². The minimum Gasteiger partial charge on any atom is -0.355 e. The topological polar surface area (TPSA) is 84.2 Å². The monoisotopic (exact) mass is 353 g/mol. The van der Waals surface area contributed by atoms with Crippen LogP contribution in [0.4, 0.5) is 13.2 Å². The van der Waals surface area contributed by atoms with E-state index >= 15 is 0 Å². The molecule has 0 spiro atoms. The molecule has 0 aliphatic carbocycles. The molecule has 130 valence electrons. The van der Waals surface area contributed by atoms with Crippen molar-refractivity contribution >= 4 is 24.2 Å². The number of alkyl halides is 3. The molecule has 0 bridgehead atoms. The molecule has 0 fully saturated rings. The van der Waals surface area contributed by atoms with E-state index in [0.717, 1.165) is 12.1 Å². The van der Waals surface area contributed by atoms with E-state index in [1.165, 1.54) is 12.1 Å². The summed E-state index contributed by atoms with van der Waals surface area (Å²) < 4.78 is 38.3. The van der Waals surface area contributed by atoms with E-state index in [4.69, 9.17) is 5.73 Å². The normalized spacial score (nSPS) is 12.0. The van der Waals surface area contributed by atoms with E-state index in [-0.39, 0.29) is 18.4 Å². The molecule has 0 aromatic heterocycles. The van der Waals surface area contributed by atoms with Crippen molar-refractivity contribution in [2.75, 3.05) is 13.1 Å². The maximum absolute atomic E-state index is 12.8. The van der Waals surface area contributed by atoms with Gasteiger partial charge in [-0.25, -0.2) is 0 Å². The summed E-state index contributed by atoms with van der Waals surface area (Å²) >= 11 is 0. The Kier molecular flexibility index (Phi) is 8.63. The van der Waals surface area contributed by atoms with Gasteiger partial charge in [0.2, 0.25) is 5.91 Å². The van der Waals surface area contributed by atoms with E-state index in [0.29, 0.717) is 13.0 Å². The molecule has 1 unspecified atom stereocenters. The highest BCUT2D eigenvalue weighted by Crippen LogP contribution is 2.31. The Morgan fingerprint density at radius 3 is 2.39 bits per heavy atom. The first-order valence-corrected chi connectivity index (χ1v) is 6.68. The molecular formula is C14H19ClF3N3O2. The summed E-state index contributed by atoms with van der Waals surface area (Å²) in [4.78, 5) is 23.2. The van der Waals surface area contributed by atoms with Crippen LogP contribution in [0.25, 0.3) is 0 Å². The molecule has 0 saturated heterocycles. The number of carbonyl (C=O) groups excluding carboxylic acids is 2. The van der Waals surface area contributed by atoms with Crippen LogP contribution < -0.4 is 16.4 Å². The Balaban J connectivity index is 0.00000484. The smallest absolute Gasteiger partial charge is 0.355 e. The summed E-state index contributed by atoms with van der Waals surface area (Å²) in [5.41, 5.74) is 3.95. The molecule has 23 heavy (non-hydrogen) atoms. The molecule has 0 aliphatic rings. The summed E-state index contributed by atoms with van der Waals surface area (Å²) in [5.74, 6) is -1.44. The third-order valence-corrected chi connectivity index (χ3v) is 2.81. The molecule has 0 saturated carbocycles. The van der Waals surface area contributed by atoms with Crippen LogP contribution in [0, 0.1) is 0 Å². The SMILES string of the molecule is CC(N)CCNC(=O)CNC(=O)c1ccccc1C(F)(F)F.Cl. The van der Waals surface area contributed by atoms with Crippen LogP contribution in [0.3, 0.4) is 0 Å². The van der Waals surface area contributed by atoms with E-state index in [2.05, 4.69) is 10.6 Å². The lowest BCUT2D eigenvalue weighted by Gasteiger charge is -2.12. The van der Waals surface area contributed by atoms with Crippen molar-refractivity contribution in [2.45, 2.75) is 25.6 Å². The van der Waals surface area contributed by atoms with Gasteiger partial charge in [-0.2, -0.15) is 13.2 Å². The number of rotatable bonds is 6. The van der Waals surface area contributed by atoms with Gasteiger partial charge >= 0.3 is 6.18 Å². The van der Waals surface area contributed by atoms with Gasteiger partial charge < -0.3 is 16.4 Å². The largest absolute Gasteiger partial charge is 0.417 e. The van der Waals surface area contributed by atoms with Crippen molar-refractivity contribution in [2.24, 2.45) is 5.73 Å². The van der Waals surface area contributed by atoms with Gasteiger partial charge in [0.05, 0.1) is 17.7 Å². The molecule has 0 aliphatic heterocycles. The number of hydrogen-bond acceptors (Lipinski definition) is 3. The molecular weight excluding hydrogens is 335 g/mol. The van der Waals surface area contributed by atoms with Gasteiger partial charge in [0, 0.05) is 12.6 Å². The molecule has 4 N–H and O–H groups in total. The van der Waals surface area contributed by atoms with Crippen LogP contribution in [0.15, 0.2) is 24.3 Å². The van der Waals surface area contributed by atoms with E-state index < -0.39 is 35.7 Å². The van der Waals surface area contributed by atoms with Crippen molar-refractivity contribution in [3.05, 3.63) is 35.4 Å². The standard InChI is InChI=1S/C14H18F3N3O2.ClH/c1-9(18)6-7-19-12(21)8-20-13(22)10-4-2-3-5-11(10)14(15,16)17;/h2-5,9H,6-8,18H2,1H3,(H,19,21)(H,20,22);1H. The van der Waals surface area contributed by atoms with Gasteiger partial charge in [-0.1, -0.05) is 12.1 Å². The van der Waals surface area contributed by atoms with E-state index in [1.54, 1.807) is 6.92 Å². The lowest BCUT2D eigenvalue weighted by Crippen LogP contribution is -2.38. The highest BCUT2D eigenvalue weighted by Gasteiger charge is 2.34. The summed E-state index contributed by atoms with van der Waals surface area (Å²) in [7, 11) is 0. The molecule has 1 aromatic carbocycles. The minimum atomic E-state index is -4.63. The molecule has 0 radical (unpaired) electrons. The summed E-state index contributed by atoms with van der Waals surface area (Å²) in [6.07, 6.45) is -4.07. The first-order valence-electron chi connectivity index (χ1n) is 6.68. The predicted octanol–water partition coefficient (Wildman–Crippen LogP) is 1.71. The maximum atomic E-state index is 12.8. The molecule has 5 nitrogen and oxygen atoms in total. The zero-order chi connectivity index (χ0) is 16.8. The van der Waals surface area contributed by atoms with E-state index in [1.807, 2.05) is 0 Å². The molecule has 2 amide bonds. The number of benzene rings is 1. The van der Waals surface area contributed by atoms with Gasteiger partial charge in [0.1, 0.15) is 0 Å². The quantitative estimate of drug-likeness (QED) is 0.728.